The fourth-order valence-electron chi connectivity index (χ4n) is 2.97. The van der Waals surface area contributed by atoms with Gasteiger partial charge in [-0.25, -0.2) is 13.1 Å². The summed E-state index contributed by atoms with van der Waals surface area (Å²) in [5, 5.41) is 5.67. The summed E-state index contributed by atoms with van der Waals surface area (Å²) in [6, 6.07) is 11.4. The van der Waals surface area contributed by atoms with Crippen molar-refractivity contribution in [3.8, 4) is 0 Å². The minimum Gasteiger partial charge on any atom is -0.349 e. The highest BCUT2D eigenvalue weighted by atomic mass is 32.2. The molecule has 2 aliphatic rings. The van der Waals surface area contributed by atoms with Gasteiger partial charge >= 0.3 is 0 Å². The van der Waals surface area contributed by atoms with Crippen LogP contribution in [-0.2, 0) is 10.0 Å². The largest absolute Gasteiger partial charge is 0.349 e. The molecule has 0 aliphatic heterocycles. The number of para-hydroxylation sites is 1. The van der Waals surface area contributed by atoms with Crippen molar-refractivity contribution < 1.29 is 18.0 Å². The summed E-state index contributed by atoms with van der Waals surface area (Å²) in [5.41, 5.74) is 1.66. The second kappa shape index (κ2) is 7.61. The number of anilines is 1. The van der Waals surface area contributed by atoms with Crippen LogP contribution in [0, 0.1) is 6.92 Å². The molecule has 152 valence electrons. The number of aryl methyl sites for hydroxylation is 1. The second-order valence-electron chi connectivity index (χ2n) is 7.62. The third kappa shape index (κ3) is 4.65. The number of rotatable bonds is 7. The van der Waals surface area contributed by atoms with Crippen molar-refractivity contribution in [2.75, 3.05) is 5.32 Å². The highest BCUT2D eigenvalue weighted by molar-refractivity contribution is 7.89. The Morgan fingerprint density at radius 1 is 0.897 bits per heavy atom. The molecule has 2 aliphatic carbocycles. The molecular formula is C21H23N3O4S. The van der Waals surface area contributed by atoms with E-state index >= 15 is 0 Å². The average Bonchev–Trinajstić information content (AvgIpc) is 3.59. The topological polar surface area (TPSA) is 104 Å². The van der Waals surface area contributed by atoms with Crippen LogP contribution in [0.15, 0.2) is 47.4 Å². The lowest BCUT2D eigenvalue weighted by Crippen LogP contribution is -2.27. The summed E-state index contributed by atoms with van der Waals surface area (Å²) >= 11 is 0. The minimum atomic E-state index is -3.66. The van der Waals surface area contributed by atoms with Crippen LogP contribution in [0.25, 0.3) is 0 Å². The van der Waals surface area contributed by atoms with E-state index in [-0.39, 0.29) is 28.4 Å². The van der Waals surface area contributed by atoms with Crippen molar-refractivity contribution in [2.45, 2.75) is 49.6 Å². The Labute approximate surface area is 169 Å². The molecule has 29 heavy (non-hydrogen) atoms. The molecule has 0 radical (unpaired) electrons. The Morgan fingerprint density at radius 2 is 1.59 bits per heavy atom. The Hall–Kier alpha value is -2.71. The number of hydrogen-bond donors (Lipinski definition) is 3. The van der Waals surface area contributed by atoms with Crippen LogP contribution in [-0.4, -0.2) is 32.3 Å². The molecule has 0 aromatic heterocycles. The summed E-state index contributed by atoms with van der Waals surface area (Å²) in [4.78, 5) is 25.4. The third-order valence-electron chi connectivity index (χ3n) is 5.00. The van der Waals surface area contributed by atoms with E-state index in [2.05, 4.69) is 15.4 Å². The molecule has 0 unspecified atom stereocenters. The predicted molar refractivity (Wildman–Crippen MR) is 109 cm³/mol. The standard InChI is InChI=1S/C21H23N3O4S/c1-13-6-11-16(29(27,28)24-15-9-10-15)12-18(13)21(26)23-19-5-3-2-4-17(19)20(25)22-14-7-8-14/h2-6,11-12,14-15,24H,7-10H2,1H3,(H,22,25)(H,23,26). The van der Waals surface area contributed by atoms with Gasteiger partial charge in [-0.2, -0.15) is 0 Å². The van der Waals surface area contributed by atoms with E-state index in [4.69, 9.17) is 0 Å². The summed E-state index contributed by atoms with van der Waals surface area (Å²) in [6.07, 6.45) is 3.60. The maximum atomic E-state index is 12.9. The van der Waals surface area contributed by atoms with Crippen molar-refractivity contribution in [3.05, 3.63) is 59.2 Å². The summed E-state index contributed by atoms with van der Waals surface area (Å²) in [7, 11) is -3.66. The first-order valence-corrected chi connectivity index (χ1v) is 11.2. The molecule has 2 aromatic carbocycles. The molecule has 0 heterocycles. The summed E-state index contributed by atoms with van der Waals surface area (Å²) in [6.45, 7) is 1.74. The van der Waals surface area contributed by atoms with Crippen LogP contribution in [0.3, 0.4) is 0 Å². The lowest BCUT2D eigenvalue weighted by Gasteiger charge is -2.13. The van der Waals surface area contributed by atoms with E-state index in [9.17, 15) is 18.0 Å². The number of benzene rings is 2. The van der Waals surface area contributed by atoms with Crippen molar-refractivity contribution in [2.24, 2.45) is 0 Å². The average molecular weight is 413 g/mol. The zero-order valence-electron chi connectivity index (χ0n) is 16.1. The summed E-state index contributed by atoms with van der Waals surface area (Å²) < 4.78 is 27.6. The lowest BCUT2D eigenvalue weighted by atomic mass is 10.1. The quantitative estimate of drug-likeness (QED) is 0.649. The fraction of sp³-hybridized carbons (Fsp3) is 0.333. The highest BCUT2D eigenvalue weighted by Gasteiger charge is 2.29. The third-order valence-corrected chi connectivity index (χ3v) is 6.51. The van der Waals surface area contributed by atoms with E-state index in [0.717, 1.165) is 25.7 Å². The van der Waals surface area contributed by atoms with Crippen LogP contribution in [0.1, 0.15) is 52.0 Å². The monoisotopic (exact) mass is 413 g/mol. The molecule has 2 amide bonds. The molecule has 8 heteroatoms. The molecule has 2 fully saturated rings. The molecule has 4 rings (SSSR count). The van der Waals surface area contributed by atoms with Gasteiger partial charge in [-0.3, -0.25) is 9.59 Å². The SMILES string of the molecule is Cc1ccc(S(=O)(=O)NC2CC2)cc1C(=O)Nc1ccccc1C(=O)NC1CC1. The molecule has 7 nitrogen and oxygen atoms in total. The first-order valence-electron chi connectivity index (χ1n) is 9.68. The molecule has 3 N–H and O–H groups in total. The highest BCUT2D eigenvalue weighted by Crippen LogP contribution is 2.25. The van der Waals surface area contributed by atoms with Gasteiger partial charge in [-0.15, -0.1) is 0 Å². The molecule has 0 saturated heterocycles. The predicted octanol–water partition coefficient (Wildman–Crippen LogP) is 2.58. The van der Waals surface area contributed by atoms with Crippen LogP contribution < -0.4 is 15.4 Å². The normalized spacial score (nSPS) is 16.3. The zero-order chi connectivity index (χ0) is 20.6. The molecule has 2 saturated carbocycles. The number of sulfonamides is 1. The zero-order valence-corrected chi connectivity index (χ0v) is 16.9. The van der Waals surface area contributed by atoms with Gasteiger partial charge in [0.25, 0.3) is 11.8 Å². The van der Waals surface area contributed by atoms with Gasteiger partial charge in [0.1, 0.15) is 0 Å². The van der Waals surface area contributed by atoms with Crippen molar-refractivity contribution in [1.29, 1.82) is 0 Å². The lowest BCUT2D eigenvalue weighted by molar-refractivity contribution is 0.0952. The Kier molecular flexibility index (Phi) is 5.14. The Balaban J connectivity index is 1.57. The first-order chi connectivity index (χ1) is 13.8. The van der Waals surface area contributed by atoms with E-state index < -0.39 is 15.9 Å². The number of nitrogens with one attached hydrogen (secondary N) is 3. The minimum absolute atomic E-state index is 0.0181. The van der Waals surface area contributed by atoms with E-state index in [1.54, 1.807) is 37.3 Å². The van der Waals surface area contributed by atoms with Crippen LogP contribution in [0.4, 0.5) is 5.69 Å². The van der Waals surface area contributed by atoms with E-state index in [0.29, 0.717) is 16.8 Å². The maximum Gasteiger partial charge on any atom is 0.255 e. The Morgan fingerprint density at radius 3 is 2.28 bits per heavy atom. The molecular weight excluding hydrogens is 390 g/mol. The number of carbonyl (C=O) groups excluding carboxylic acids is 2. The number of amides is 2. The van der Waals surface area contributed by atoms with Crippen LogP contribution in [0.5, 0.6) is 0 Å². The number of carbonyl (C=O) groups is 2. The molecule has 0 spiro atoms. The van der Waals surface area contributed by atoms with Crippen LogP contribution >= 0.6 is 0 Å². The second-order valence-corrected chi connectivity index (χ2v) is 9.33. The van der Waals surface area contributed by atoms with Crippen molar-refractivity contribution in [1.82, 2.24) is 10.0 Å². The van der Waals surface area contributed by atoms with E-state index in [1.807, 2.05) is 0 Å². The Bertz CT molecular complexity index is 1070. The summed E-state index contributed by atoms with van der Waals surface area (Å²) in [5.74, 6) is -0.692. The van der Waals surface area contributed by atoms with Gasteiger partial charge in [0.2, 0.25) is 10.0 Å². The maximum absolute atomic E-state index is 12.9. The first kappa shape index (κ1) is 19.6. The fourth-order valence-corrected chi connectivity index (χ4v) is 4.30. The molecule has 2 aromatic rings. The van der Waals surface area contributed by atoms with Crippen molar-refractivity contribution in [3.63, 3.8) is 0 Å². The van der Waals surface area contributed by atoms with Gasteiger partial charge < -0.3 is 10.6 Å². The van der Waals surface area contributed by atoms with Gasteiger partial charge in [-0.1, -0.05) is 18.2 Å². The van der Waals surface area contributed by atoms with E-state index in [1.165, 1.54) is 12.1 Å². The van der Waals surface area contributed by atoms with Gasteiger partial charge in [0.15, 0.2) is 0 Å². The van der Waals surface area contributed by atoms with Gasteiger partial charge in [0.05, 0.1) is 16.1 Å². The van der Waals surface area contributed by atoms with Gasteiger partial charge in [0, 0.05) is 17.6 Å². The van der Waals surface area contributed by atoms with Crippen LogP contribution in [0.2, 0.25) is 0 Å². The van der Waals surface area contributed by atoms with Crippen molar-refractivity contribution >= 4 is 27.5 Å². The number of hydrogen-bond acceptors (Lipinski definition) is 4. The molecule has 0 atom stereocenters. The smallest absolute Gasteiger partial charge is 0.255 e. The van der Waals surface area contributed by atoms with Gasteiger partial charge in [-0.05, 0) is 62.4 Å². The molecule has 0 bridgehead atoms.